The highest BCUT2D eigenvalue weighted by Crippen LogP contribution is 2.19. The first-order valence-corrected chi connectivity index (χ1v) is 5.58. The van der Waals surface area contributed by atoms with E-state index in [2.05, 4.69) is 15.5 Å². The number of nitrogens with zero attached hydrogens (tertiary/aromatic N) is 2. The molecule has 2 rings (SSSR count). The van der Waals surface area contributed by atoms with Gasteiger partial charge in [0.15, 0.2) is 5.82 Å². The molecular weight excluding hydrogens is 210 g/mol. The second kappa shape index (κ2) is 5.38. The molecule has 0 spiro atoms. The van der Waals surface area contributed by atoms with Gasteiger partial charge in [-0.2, -0.15) is 4.98 Å². The lowest BCUT2D eigenvalue weighted by atomic mass is 10.3. The molecule has 0 bridgehead atoms. The molecule has 16 heavy (non-hydrogen) atoms. The van der Waals surface area contributed by atoms with E-state index in [1.807, 2.05) is 13.8 Å². The molecule has 1 N–H and O–H groups in total. The van der Waals surface area contributed by atoms with Crippen LogP contribution in [0.5, 0.6) is 0 Å². The van der Waals surface area contributed by atoms with Gasteiger partial charge in [0.05, 0.1) is 6.61 Å². The van der Waals surface area contributed by atoms with Crippen LogP contribution in [-0.4, -0.2) is 36.4 Å². The third kappa shape index (κ3) is 2.58. The summed E-state index contributed by atoms with van der Waals surface area (Å²) in [4.78, 5) is 4.28. The lowest BCUT2D eigenvalue weighted by Gasteiger charge is -2.19. The van der Waals surface area contributed by atoms with Crippen LogP contribution in [-0.2, 0) is 9.47 Å². The number of hydrogen-bond acceptors (Lipinski definition) is 6. The molecule has 2 atom stereocenters. The maximum Gasteiger partial charge on any atom is 0.257 e. The Balaban J connectivity index is 2.00. The van der Waals surface area contributed by atoms with Crippen LogP contribution >= 0.6 is 0 Å². The Morgan fingerprint density at radius 3 is 3.19 bits per heavy atom. The molecule has 1 saturated heterocycles. The molecule has 6 nitrogen and oxygen atoms in total. The van der Waals surface area contributed by atoms with E-state index in [-0.39, 0.29) is 12.2 Å². The molecule has 1 aliphatic heterocycles. The van der Waals surface area contributed by atoms with Crippen molar-refractivity contribution in [1.82, 2.24) is 15.5 Å². The van der Waals surface area contributed by atoms with E-state index in [0.717, 1.165) is 6.54 Å². The quantitative estimate of drug-likeness (QED) is 0.821. The van der Waals surface area contributed by atoms with Crippen molar-refractivity contribution in [2.75, 3.05) is 26.3 Å². The topological polar surface area (TPSA) is 69.4 Å². The number of nitrogens with one attached hydrogen (secondary N) is 1. The lowest BCUT2D eigenvalue weighted by Crippen LogP contribution is -2.33. The summed E-state index contributed by atoms with van der Waals surface area (Å²) in [5.41, 5.74) is 0. The summed E-state index contributed by atoms with van der Waals surface area (Å²) in [5.74, 6) is 1.10. The molecule has 6 heteroatoms. The molecule has 2 heterocycles. The normalized spacial score (nSPS) is 23.2. The fraction of sp³-hybridized carbons (Fsp3) is 0.800. The highest BCUT2D eigenvalue weighted by atomic mass is 16.5. The Morgan fingerprint density at radius 2 is 2.50 bits per heavy atom. The summed E-state index contributed by atoms with van der Waals surface area (Å²) >= 11 is 0. The number of rotatable bonds is 4. The second-order valence-corrected chi connectivity index (χ2v) is 3.65. The number of aromatic nitrogens is 2. The van der Waals surface area contributed by atoms with Gasteiger partial charge in [0.1, 0.15) is 12.2 Å². The van der Waals surface area contributed by atoms with Crippen LogP contribution in [0.4, 0.5) is 0 Å². The van der Waals surface area contributed by atoms with E-state index in [0.29, 0.717) is 31.5 Å². The van der Waals surface area contributed by atoms with Crippen molar-refractivity contribution in [2.45, 2.75) is 26.1 Å². The van der Waals surface area contributed by atoms with Gasteiger partial charge in [-0.25, -0.2) is 0 Å². The van der Waals surface area contributed by atoms with Crippen LogP contribution < -0.4 is 5.32 Å². The number of morpholine rings is 1. The highest BCUT2D eigenvalue weighted by molar-refractivity contribution is 4.94. The minimum atomic E-state index is -0.140. The van der Waals surface area contributed by atoms with Crippen molar-refractivity contribution >= 4 is 0 Å². The molecule has 0 radical (unpaired) electrons. The minimum Gasteiger partial charge on any atom is -0.371 e. The van der Waals surface area contributed by atoms with Crippen molar-refractivity contribution in [2.24, 2.45) is 0 Å². The molecule has 1 fully saturated rings. The molecule has 0 aliphatic carbocycles. The van der Waals surface area contributed by atoms with E-state index in [4.69, 9.17) is 14.0 Å². The maximum absolute atomic E-state index is 5.52. The van der Waals surface area contributed by atoms with Gasteiger partial charge < -0.3 is 19.3 Å². The predicted octanol–water partition coefficient (Wildman–Crippen LogP) is 0.828. The summed E-state index contributed by atoms with van der Waals surface area (Å²) in [7, 11) is 0. The van der Waals surface area contributed by atoms with Gasteiger partial charge in [0, 0.05) is 19.7 Å². The molecule has 0 amide bonds. The lowest BCUT2D eigenvalue weighted by molar-refractivity contribution is 0.00754. The van der Waals surface area contributed by atoms with E-state index in [1.54, 1.807) is 0 Å². The third-order valence-corrected chi connectivity index (χ3v) is 2.44. The van der Waals surface area contributed by atoms with E-state index < -0.39 is 0 Å². The summed E-state index contributed by atoms with van der Waals surface area (Å²) in [6.07, 6.45) is -0.275. The van der Waals surface area contributed by atoms with Crippen molar-refractivity contribution < 1.29 is 14.0 Å². The van der Waals surface area contributed by atoms with Gasteiger partial charge in [-0.3, -0.25) is 0 Å². The summed E-state index contributed by atoms with van der Waals surface area (Å²) < 4.78 is 16.1. The van der Waals surface area contributed by atoms with Crippen LogP contribution in [0.3, 0.4) is 0 Å². The van der Waals surface area contributed by atoms with E-state index in [1.165, 1.54) is 0 Å². The van der Waals surface area contributed by atoms with Crippen molar-refractivity contribution in [3.05, 3.63) is 11.7 Å². The molecule has 2 unspecified atom stereocenters. The summed E-state index contributed by atoms with van der Waals surface area (Å²) in [5, 5.41) is 7.10. The van der Waals surface area contributed by atoms with Gasteiger partial charge in [-0.1, -0.05) is 5.16 Å². The summed E-state index contributed by atoms with van der Waals surface area (Å²) in [6.45, 7) is 6.72. The average molecular weight is 227 g/mol. The van der Waals surface area contributed by atoms with Gasteiger partial charge >= 0.3 is 0 Å². The van der Waals surface area contributed by atoms with Crippen LogP contribution in [0.25, 0.3) is 0 Å². The zero-order valence-electron chi connectivity index (χ0n) is 9.60. The van der Waals surface area contributed by atoms with Gasteiger partial charge in [0.2, 0.25) is 0 Å². The Labute approximate surface area is 94.3 Å². The van der Waals surface area contributed by atoms with E-state index in [9.17, 15) is 0 Å². The van der Waals surface area contributed by atoms with Gasteiger partial charge in [-0.05, 0) is 13.8 Å². The first kappa shape index (κ1) is 11.5. The summed E-state index contributed by atoms with van der Waals surface area (Å²) in [6, 6.07) is 0. The average Bonchev–Trinajstić information content (AvgIpc) is 2.80. The fourth-order valence-corrected chi connectivity index (χ4v) is 1.59. The molecule has 0 saturated carbocycles. The largest absolute Gasteiger partial charge is 0.371 e. The first-order chi connectivity index (χ1) is 7.81. The van der Waals surface area contributed by atoms with Gasteiger partial charge in [-0.15, -0.1) is 0 Å². The maximum atomic E-state index is 5.52. The standard InChI is InChI=1S/C10H17N3O3/c1-3-14-7(2)9-12-10(16-13-9)8-6-11-4-5-15-8/h7-8,11H,3-6H2,1-2H3. The highest BCUT2D eigenvalue weighted by Gasteiger charge is 2.23. The smallest absolute Gasteiger partial charge is 0.257 e. The van der Waals surface area contributed by atoms with Crippen molar-refractivity contribution in [3.8, 4) is 0 Å². The molecule has 1 aliphatic rings. The number of hydrogen-bond donors (Lipinski definition) is 1. The Bertz CT molecular complexity index is 323. The zero-order valence-corrected chi connectivity index (χ0v) is 9.60. The Hall–Kier alpha value is -0.980. The predicted molar refractivity (Wildman–Crippen MR) is 55.9 cm³/mol. The van der Waals surface area contributed by atoms with Crippen LogP contribution in [0, 0.1) is 0 Å². The van der Waals surface area contributed by atoms with Gasteiger partial charge in [0.25, 0.3) is 5.89 Å². The molecular formula is C10H17N3O3. The molecule has 1 aromatic heterocycles. The Morgan fingerprint density at radius 1 is 1.62 bits per heavy atom. The van der Waals surface area contributed by atoms with Crippen LogP contribution in [0.1, 0.15) is 37.8 Å². The van der Waals surface area contributed by atoms with Crippen molar-refractivity contribution in [3.63, 3.8) is 0 Å². The molecule has 90 valence electrons. The zero-order chi connectivity index (χ0) is 11.4. The fourth-order valence-electron chi connectivity index (χ4n) is 1.59. The van der Waals surface area contributed by atoms with Crippen molar-refractivity contribution in [1.29, 1.82) is 0 Å². The Kier molecular flexibility index (Phi) is 3.87. The second-order valence-electron chi connectivity index (χ2n) is 3.65. The van der Waals surface area contributed by atoms with E-state index >= 15 is 0 Å². The SMILES string of the molecule is CCOC(C)c1noc(C2CNCCO2)n1. The monoisotopic (exact) mass is 227 g/mol. The molecule has 1 aromatic rings. The van der Waals surface area contributed by atoms with Crippen LogP contribution in [0.2, 0.25) is 0 Å². The van der Waals surface area contributed by atoms with Crippen LogP contribution in [0.15, 0.2) is 4.52 Å². The first-order valence-electron chi connectivity index (χ1n) is 5.58. The number of ether oxygens (including phenoxy) is 2. The molecule has 0 aromatic carbocycles. The minimum absolute atomic E-state index is 0.135. The third-order valence-electron chi connectivity index (χ3n) is 2.44.